The van der Waals surface area contributed by atoms with Crippen LogP contribution in [0, 0.1) is 6.92 Å². The van der Waals surface area contributed by atoms with Gasteiger partial charge in [-0.25, -0.2) is 0 Å². The van der Waals surface area contributed by atoms with Crippen molar-refractivity contribution in [2.24, 2.45) is 0 Å². The van der Waals surface area contributed by atoms with E-state index < -0.39 is 0 Å². The molecule has 0 saturated carbocycles. The van der Waals surface area contributed by atoms with Crippen molar-refractivity contribution >= 4 is 5.91 Å². The number of ether oxygens (including phenoxy) is 1. The Hall–Kier alpha value is -2.29. The Kier molecular flexibility index (Phi) is 4.96. The fraction of sp³-hybridized carbons (Fsp3) is 0.350. The van der Waals surface area contributed by atoms with Crippen LogP contribution in [0.1, 0.15) is 24.8 Å². The third-order valence-corrected chi connectivity index (χ3v) is 4.31. The van der Waals surface area contributed by atoms with Crippen molar-refractivity contribution in [2.75, 3.05) is 19.7 Å². The molecular formula is C20H23NO2. The van der Waals surface area contributed by atoms with Crippen LogP contribution in [0.25, 0.3) is 11.1 Å². The van der Waals surface area contributed by atoms with E-state index in [1.807, 2.05) is 29.2 Å². The van der Waals surface area contributed by atoms with Crippen LogP contribution in [0.15, 0.2) is 48.5 Å². The van der Waals surface area contributed by atoms with Gasteiger partial charge in [-0.15, -0.1) is 0 Å². The zero-order valence-electron chi connectivity index (χ0n) is 13.6. The number of hydrogen-bond donors (Lipinski definition) is 0. The summed E-state index contributed by atoms with van der Waals surface area (Å²) in [5.41, 5.74) is 3.59. The molecule has 0 spiro atoms. The van der Waals surface area contributed by atoms with Gasteiger partial charge in [0.25, 0.3) is 5.91 Å². The second kappa shape index (κ2) is 7.32. The van der Waals surface area contributed by atoms with Crippen molar-refractivity contribution in [1.82, 2.24) is 4.90 Å². The summed E-state index contributed by atoms with van der Waals surface area (Å²) in [6, 6.07) is 16.4. The molecule has 3 nitrogen and oxygen atoms in total. The Morgan fingerprint density at radius 3 is 2.09 bits per heavy atom. The Labute approximate surface area is 137 Å². The summed E-state index contributed by atoms with van der Waals surface area (Å²) < 4.78 is 5.64. The van der Waals surface area contributed by atoms with Gasteiger partial charge in [-0.05, 0) is 49.4 Å². The van der Waals surface area contributed by atoms with Gasteiger partial charge < -0.3 is 9.64 Å². The molecule has 0 radical (unpaired) electrons. The molecule has 0 aromatic heterocycles. The minimum Gasteiger partial charge on any atom is -0.484 e. The van der Waals surface area contributed by atoms with E-state index in [1.165, 1.54) is 17.5 Å². The number of amides is 1. The molecule has 1 fully saturated rings. The van der Waals surface area contributed by atoms with Crippen LogP contribution in [-0.4, -0.2) is 30.5 Å². The lowest BCUT2D eigenvalue weighted by Gasteiger charge is -2.26. The summed E-state index contributed by atoms with van der Waals surface area (Å²) in [7, 11) is 0. The van der Waals surface area contributed by atoms with Gasteiger partial charge in [0.05, 0.1) is 0 Å². The number of benzene rings is 2. The highest BCUT2D eigenvalue weighted by Gasteiger charge is 2.16. The first-order valence-electron chi connectivity index (χ1n) is 8.30. The Morgan fingerprint density at radius 2 is 1.48 bits per heavy atom. The minimum absolute atomic E-state index is 0.0901. The van der Waals surface area contributed by atoms with Crippen molar-refractivity contribution in [3.8, 4) is 16.9 Å². The number of likely N-dealkylation sites (tertiary alicyclic amines) is 1. The van der Waals surface area contributed by atoms with E-state index in [0.29, 0.717) is 0 Å². The summed E-state index contributed by atoms with van der Waals surface area (Å²) in [5.74, 6) is 0.832. The molecular weight excluding hydrogens is 286 g/mol. The molecule has 0 unspecified atom stereocenters. The van der Waals surface area contributed by atoms with Gasteiger partial charge in [-0.3, -0.25) is 4.79 Å². The molecule has 1 aliphatic rings. The van der Waals surface area contributed by atoms with E-state index in [9.17, 15) is 4.79 Å². The van der Waals surface area contributed by atoms with Crippen LogP contribution < -0.4 is 4.74 Å². The van der Waals surface area contributed by atoms with Crippen LogP contribution in [0.3, 0.4) is 0 Å². The van der Waals surface area contributed by atoms with Gasteiger partial charge in [-0.2, -0.15) is 0 Å². The molecule has 23 heavy (non-hydrogen) atoms. The Balaban J connectivity index is 1.57. The summed E-state index contributed by atoms with van der Waals surface area (Å²) in [6.07, 6.45) is 3.44. The normalized spacial score (nSPS) is 14.6. The smallest absolute Gasteiger partial charge is 0.260 e. The van der Waals surface area contributed by atoms with Gasteiger partial charge in [0, 0.05) is 13.1 Å². The molecule has 0 bridgehead atoms. The summed E-state index contributed by atoms with van der Waals surface area (Å²) in [5, 5.41) is 0. The number of rotatable bonds is 4. The van der Waals surface area contributed by atoms with Crippen molar-refractivity contribution in [3.05, 3.63) is 54.1 Å². The lowest BCUT2D eigenvalue weighted by Crippen LogP contribution is -2.38. The largest absolute Gasteiger partial charge is 0.484 e. The van der Waals surface area contributed by atoms with E-state index in [0.717, 1.165) is 37.2 Å². The first-order chi connectivity index (χ1) is 11.2. The van der Waals surface area contributed by atoms with Gasteiger partial charge in [-0.1, -0.05) is 42.0 Å². The number of carbonyl (C=O) groups excluding carboxylic acids is 1. The highest BCUT2D eigenvalue weighted by molar-refractivity contribution is 5.77. The molecule has 1 amide bonds. The lowest BCUT2D eigenvalue weighted by atomic mass is 10.0. The molecule has 0 N–H and O–H groups in total. The maximum atomic E-state index is 12.1. The zero-order chi connectivity index (χ0) is 16.1. The van der Waals surface area contributed by atoms with E-state index in [2.05, 4.69) is 31.2 Å². The van der Waals surface area contributed by atoms with Crippen molar-refractivity contribution < 1.29 is 9.53 Å². The molecule has 1 heterocycles. The standard InChI is InChI=1S/C20H23NO2/c1-16-5-7-17(8-6-16)18-9-11-19(12-10-18)23-15-20(22)21-13-3-2-4-14-21/h5-12H,2-4,13-15H2,1H3. The first-order valence-corrected chi connectivity index (χ1v) is 8.30. The van der Waals surface area contributed by atoms with E-state index in [4.69, 9.17) is 4.74 Å². The van der Waals surface area contributed by atoms with Crippen LogP contribution in [0.5, 0.6) is 5.75 Å². The van der Waals surface area contributed by atoms with Crippen LogP contribution in [0.2, 0.25) is 0 Å². The topological polar surface area (TPSA) is 29.5 Å². The van der Waals surface area contributed by atoms with Crippen molar-refractivity contribution in [1.29, 1.82) is 0 Å². The van der Waals surface area contributed by atoms with Crippen LogP contribution >= 0.6 is 0 Å². The third kappa shape index (κ3) is 4.13. The Morgan fingerprint density at radius 1 is 0.913 bits per heavy atom. The summed E-state index contributed by atoms with van der Waals surface area (Å²) in [6.45, 7) is 3.95. The number of hydrogen-bond acceptors (Lipinski definition) is 2. The molecule has 0 atom stereocenters. The average Bonchev–Trinajstić information content (AvgIpc) is 2.61. The van der Waals surface area contributed by atoms with Crippen molar-refractivity contribution in [3.63, 3.8) is 0 Å². The maximum Gasteiger partial charge on any atom is 0.260 e. The van der Waals surface area contributed by atoms with Gasteiger partial charge in [0.15, 0.2) is 6.61 Å². The third-order valence-electron chi connectivity index (χ3n) is 4.31. The maximum absolute atomic E-state index is 12.1. The molecule has 2 aromatic rings. The predicted molar refractivity (Wildman–Crippen MR) is 92.5 cm³/mol. The molecule has 3 heteroatoms. The second-order valence-electron chi connectivity index (χ2n) is 6.12. The van der Waals surface area contributed by atoms with E-state index in [-0.39, 0.29) is 12.5 Å². The monoisotopic (exact) mass is 309 g/mol. The lowest BCUT2D eigenvalue weighted by molar-refractivity contribution is -0.134. The quantitative estimate of drug-likeness (QED) is 0.852. The number of piperidine rings is 1. The molecule has 3 rings (SSSR count). The highest BCUT2D eigenvalue weighted by atomic mass is 16.5. The van der Waals surface area contributed by atoms with E-state index in [1.54, 1.807) is 0 Å². The summed E-state index contributed by atoms with van der Waals surface area (Å²) in [4.78, 5) is 14.0. The van der Waals surface area contributed by atoms with E-state index >= 15 is 0 Å². The number of aryl methyl sites for hydroxylation is 1. The average molecular weight is 309 g/mol. The fourth-order valence-electron chi connectivity index (χ4n) is 2.87. The minimum atomic E-state index is 0.0901. The summed E-state index contributed by atoms with van der Waals surface area (Å²) >= 11 is 0. The molecule has 0 aliphatic carbocycles. The first kappa shape index (κ1) is 15.6. The second-order valence-corrected chi connectivity index (χ2v) is 6.12. The van der Waals surface area contributed by atoms with Gasteiger partial charge >= 0.3 is 0 Å². The molecule has 2 aromatic carbocycles. The molecule has 120 valence electrons. The van der Waals surface area contributed by atoms with Crippen LogP contribution in [-0.2, 0) is 4.79 Å². The molecule has 1 aliphatic heterocycles. The van der Waals surface area contributed by atoms with Gasteiger partial charge in [0.2, 0.25) is 0 Å². The Bertz CT molecular complexity index is 640. The number of nitrogens with zero attached hydrogens (tertiary/aromatic N) is 1. The van der Waals surface area contributed by atoms with Crippen molar-refractivity contribution in [2.45, 2.75) is 26.2 Å². The highest BCUT2D eigenvalue weighted by Crippen LogP contribution is 2.22. The van der Waals surface area contributed by atoms with Crippen LogP contribution in [0.4, 0.5) is 0 Å². The van der Waals surface area contributed by atoms with Gasteiger partial charge in [0.1, 0.15) is 5.75 Å². The predicted octanol–water partition coefficient (Wildman–Crippen LogP) is 4.05. The number of carbonyl (C=O) groups is 1. The molecule has 1 saturated heterocycles. The fourth-order valence-corrected chi connectivity index (χ4v) is 2.87. The SMILES string of the molecule is Cc1ccc(-c2ccc(OCC(=O)N3CCCCC3)cc2)cc1. The zero-order valence-corrected chi connectivity index (χ0v) is 13.6.